The molecule has 29 heavy (non-hydrogen) atoms. The number of carbonyl (C=O) groups is 2. The zero-order valence-corrected chi connectivity index (χ0v) is 15.5. The van der Waals surface area contributed by atoms with Gasteiger partial charge >= 0.3 is 0 Å². The number of hydrogen-bond acceptors (Lipinski definition) is 8. The van der Waals surface area contributed by atoms with Crippen LogP contribution in [0.25, 0.3) is 11.5 Å². The van der Waals surface area contributed by atoms with Crippen molar-refractivity contribution in [3.05, 3.63) is 42.2 Å². The molecule has 3 aromatic rings. The summed E-state index contributed by atoms with van der Waals surface area (Å²) in [6.07, 6.45) is 5.42. The molecule has 0 radical (unpaired) electrons. The van der Waals surface area contributed by atoms with Crippen molar-refractivity contribution in [2.45, 2.75) is 12.8 Å². The predicted octanol–water partition coefficient (Wildman–Crippen LogP) is 1.54. The highest BCUT2D eigenvalue weighted by Gasteiger charge is 2.19. The first kappa shape index (κ1) is 19.6. The normalized spacial score (nSPS) is 10.3. The molecule has 0 unspecified atom stereocenters. The van der Waals surface area contributed by atoms with E-state index in [0.717, 1.165) is 0 Å². The number of aromatic nitrogens is 4. The van der Waals surface area contributed by atoms with Gasteiger partial charge in [-0.05, 0) is 18.6 Å². The standard InChI is InChI=1S/C18H18N8O3/c1-26-9-12(15(25-26)16(20)27)23-17(28)13-10-29-18(24-13)11-4-7-22-14(8-11)21-6-3-2-5-19/h4,7-10H,2-3,6H2,1H3,(H2,20,27)(H,21,22)(H,23,28). The number of hydrogen-bond donors (Lipinski definition) is 3. The van der Waals surface area contributed by atoms with Crippen LogP contribution in [0.15, 0.2) is 35.2 Å². The average molecular weight is 394 g/mol. The quantitative estimate of drug-likeness (QED) is 0.484. The van der Waals surface area contributed by atoms with E-state index >= 15 is 0 Å². The molecule has 0 spiro atoms. The van der Waals surface area contributed by atoms with Gasteiger partial charge in [0.2, 0.25) is 5.89 Å². The number of amides is 2. The van der Waals surface area contributed by atoms with Gasteiger partial charge in [0.15, 0.2) is 11.4 Å². The Morgan fingerprint density at radius 2 is 2.24 bits per heavy atom. The zero-order chi connectivity index (χ0) is 20.8. The minimum absolute atomic E-state index is 0.0274. The van der Waals surface area contributed by atoms with Crippen molar-refractivity contribution in [2.24, 2.45) is 12.8 Å². The fourth-order valence-corrected chi connectivity index (χ4v) is 2.50. The van der Waals surface area contributed by atoms with Crippen LogP contribution in [-0.2, 0) is 7.05 Å². The molecule has 3 heterocycles. The van der Waals surface area contributed by atoms with E-state index in [1.165, 1.54) is 17.1 Å². The van der Waals surface area contributed by atoms with Crippen LogP contribution in [0.2, 0.25) is 0 Å². The highest BCUT2D eigenvalue weighted by atomic mass is 16.3. The summed E-state index contributed by atoms with van der Waals surface area (Å²) in [5.74, 6) is -0.488. The first-order chi connectivity index (χ1) is 14.0. The van der Waals surface area contributed by atoms with Crippen LogP contribution in [0.5, 0.6) is 0 Å². The van der Waals surface area contributed by atoms with Gasteiger partial charge in [-0.15, -0.1) is 0 Å². The summed E-state index contributed by atoms with van der Waals surface area (Å²) in [5.41, 5.74) is 6.05. The van der Waals surface area contributed by atoms with Crippen LogP contribution < -0.4 is 16.4 Å². The first-order valence-electron chi connectivity index (χ1n) is 8.65. The van der Waals surface area contributed by atoms with Crippen molar-refractivity contribution >= 4 is 23.3 Å². The molecule has 11 nitrogen and oxygen atoms in total. The number of aryl methyl sites for hydroxylation is 1. The van der Waals surface area contributed by atoms with Crippen LogP contribution in [-0.4, -0.2) is 38.1 Å². The summed E-state index contributed by atoms with van der Waals surface area (Å²) in [5, 5.41) is 18.1. The highest BCUT2D eigenvalue weighted by Crippen LogP contribution is 2.21. The van der Waals surface area contributed by atoms with Crippen LogP contribution in [0.3, 0.4) is 0 Å². The molecular formula is C18H18N8O3. The van der Waals surface area contributed by atoms with Crippen LogP contribution in [0, 0.1) is 11.3 Å². The number of unbranched alkanes of at least 4 members (excludes halogenated alkanes) is 1. The monoisotopic (exact) mass is 394 g/mol. The lowest BCUT2D eigenvalue weighted by Crippen LogP contribution is -2.18. The lowest BCUT2D eigenvalue weighted by molar-refractivity contribution is 0.0995. The molecule has 0 fully saturated rings. The highest BCUT2D eigenvalue weighted by molar-refractivity contribution is 6.07. The number of rotatable bonds is 8. The summed E-state index contributed by atoms with van der Waals surface area (Å²) < 4.78 is 6.77. The van der Waals surface area contributed by atoms with Gasteiger partial charge in [0.1, 0.15) is 12.1 Å². The Balaban J connectivity index is 1.71. The summed E-state index contributed by atoms with van der Waals surface area (Å²) in [4.78, 5) is 32.2. The van der Waals surface area contributed by atoms with E-state index in [0.29, 0.717) is 30.8 Å². The summed E-state index contributed by atoms with van der Waals surface area (Å²) in [7, 11) is 1.60. The van der Waals surface area contributed by atoms with Gasteiger partial charge < -0.3 is 20.8 Å². The molecule has 3 aromatic heterocycles. The van der Waals surface area contributed by atoms with E-state index in [1.807, 2.05) is 0 Å². The maximum Gasteiger partial charge on any atom is 0.277 e. The van der Waals surface area contributed by atoms with E-state index in [9.17, 15) is 9.59 Å². The Bertz CT molecular complexity index is 1080. The molecule has 0 saturated carbocycles. The largest absolute Gasteiger partial charge is 0.444 e. The maximum atomic E-state index is 12.4. The molecule has 0 atom stereocenters. The third-order valence-electron chi connectivity index (χ3n) is 3.83. The number of anilines is 2. The number of nitrogens with zero attached hydrogens (tertiary/aromatic N) is 5. The van der Waals surface area contributed by atoms with Crippen molar-refractivity contribution in [2.75, 3.05) is 17.2 Å². The molecule has 3 rings (SSSR count). The lowest BCUT2D eigenvalue weighted by atomic mass is 10.2. The van der Waals surface area contributed by atoms with Gasteiger partial charge in [-0.2, -0.15) is 10.4 Å². The minimum Gasteiger partial charge on any atom is -0.444 e. The fraction of sp³-hybridized carbons (Fsp3) is 0.222. The Labute approximate surface area is 165 Å². The molecule has 0 aliphatic heterocycles. The molecule has 0 bridgehead atoms. The summed E-state index contributed by atoms with van der Waals surface area (Å²) in [6.45, 7) is 0.608. The van der Waals surface area contributed by atoms with Gasteiger partial charge in [-0.1, -0.05) is 0 Å². The van der Waals surface area contributed by atoms with E-state index in [1.54, 1.807) is 25.4 Å². The van der Waals surface area contributed by atoms with Gasteiger partial charge in [0.05, 0.1) is 11.8 Å². The first-order valence-corrected chi connectivity index (χ1v) is 8.65. The second-order valence-corrected chi connectivity index (χ2v) is 6.04. The molecule has 2 amide bonds. The molecule has 4 N–H and O–H groups in total. The summed E-state index contributed by atoms with van der Waals surface area (Å²) >= 11 is 0. The predicted molar refractivity (Wildman–Crippen MR) is 103 cm³/mol. The van der Waals surface area contributed by atoms with Gasteiger partial charge in [0.25, 0.3) is 11.8 Å². The van der Waals surface area contributed by atoms with Crippen LogP contribution in [0.1, 0.15) is 33.8 Å². The van der Waals surface area contributed by atoms with Crippen molar-refractivity contribution < 1.29 is 14.0 Å². The number of nitriles is 1. The van der Waals surface area contributed by atoms with E-state index in [-0.39, 0.29) is 23.0 Å². The van der Waals surface area contributed by atoms with E-state index < -0.39 is 11.8 Å². The summed E-state index contributed by atoms with van der Waals surface area (Å²) in [6, 6.07) is 5.50. The number of nitrogens with two attached hydrogens (primary N) is 1. The second kappa shape index (κ2) is 8.66. The number of oxazole rings is 1. The number of carbonyl (C=O) groups excluding carboxylic acids is 2. The molecule has 0 aromatic carbocycles. The Kier molecular flexibility index (Phi) is 5.84. The average Bonchev–Trinajstić information content (AvgIpc) is 3.33. The molecule has 0 saturated heterocycles. The van der Waals surface area contributed by atoms with Crippen molar-refractivity contribution in [3.8, 4) is 17.5 Å². The van der Waals surface area contributed by atoms with Crippen LogP contribution >= 0.6 is 0 Å². The topological polar surface area (TPSA) is 165 Å². The van der Waals surface area contributed by atoms with Gasteiger partial charge in [0, 0.05) is 38.0 Å². The van der Waals surface area contributed by atoms with Crippen molar-refractivity contribution in [1.82, 2.24) is 19.7 Å². The third kappa shape index (κ3) is 4.75. The van der Waals surface area contributed by atoms with Crippen LogP contribution in [0.4, 0.5) is 11.5 Å². The van der Waals surface area contributed by atoms with E-state index in [4.69, 9.17) is 15.4 Å². The number of pyridine rings is 1. The fourth-order valence-electron chi connectivity index (χ4n) is 2.50. The number of nitrogens with one attached hydrogen (secondary N) is 2. The Morgan fingerprint density at radius 1 is 1.41 bits per heavy atom. The van der Waals surface area contributed by atoms with Gasteiger partial charge in [-0.25, -0.2) is 9.97 Å². The second-order valence-electron chi connectivity index (χ2n) is 6.04. The van der Waals surface area contributed by atoms with E-state index in [2.05, 4.69) is 31.8 Å². The third-order valence-corrected chi connectivity index (χ3v) is 3.83. The minimum atomic E-state index is -0.756. The molecular weight excluding hydrogens is 376 g/mol. The van der Waals surface area contributed by atoms with Crippen molar-refractivity contribution in [3.63, 3.8) is 0 Å². The maximum absolute atomic E-state index is 12.4. The molecule has 148 valence electrons. The number of primary amides is 1. The smallest absolute Gasteiger partial charge is 0.277 e. The Hall–Kier alpha value is -4.20. The molecule has 11 heteroatoms. The molecule has 0 aliphatic rings. The van der Waals surface area contributed by atoms with Gasteiger partial charge in [-0.3, -0.25) is 14.3 Å². The SMILES string of the molecule is Cn1cc(NC(=O)c2coc(-c3ccnc(NCCCC#N)c3)n2)c(C(N)=O)n1. The lowest BCUT2D eigenvalue weighted by Gasteiger charge is -2.04. The Morgan fingerprint density at radius 3 is 3.00 bits per heavy atom. The zero-order valence-electron chi connectivity index (χ0n) is 15.5. The van der Waals surface area contributed by atoms with Crippen molar-refractivity contribution in [1.29, 1.82) is 5.26 Å². The molecule has 0 aliphatic carbocycles.